The molecule has 0 fully saturated rings. The van der Waals surface area contributed by atoms with Crippen molar-refractivity contribution in [3.05, 3.63) is 82.1 Å². The van der Waals surface area contributed by atoms with E-state index < -0.39 is 10.8 Å². The molecule has 1 amide bonds. The summed E-state index contributed by atoms with van der Waals surface area (Å²) in [4.78, 5) is 22.8. The minimum absolute atomic E-state index is 0.0557. The Morgan fingerprint density at radius 2 is 1.89 bits per heavy atom. The van der Waals surface area contributed by atoms with Crippen molar-refractivity contribution in [2.75, 3.05) is 7.11 Å². The molecule has 2 aromatic carbocycles. The fourth-order valence-electron chi connectivity index (χ4n) is 2.46. The van der Waals surface area contributed by atoms with E-state index in [1.54, 1.807) is 54.6 Å². The summed E-state index contributed by atoms with van der Waals surface area (Å²) >= 11 is 0. The van der Waals surface area contributed by atoms with E-state index >= 15 is 0 Å². The Morgan fingerprint density at radius 1 is 1.15 bits per heavy atom. The molecular formula is C19H15N3O5. The molecule has 1 aromatic heterocycles. The number of amides is 1. The number of nitro benzene ring substituents is 1. The lowest BCUT2D eigenvalue weighted by Gasteiger charge is -2.05. The van der Waals surface area contributed by atoms with Crippen LogP contribution < -0.4 is 10.2 Å². The number of para-hydroxylation sites is 2. The van der Waals surface area contributed by atoms with Crippen LogP contribution in [0.3, 0.4) is 0 Å². The van der Waals surface area contributed by atoms with Crippen LogP contribution in [0.15, 0.2) is 70.2 Å². The Morgan fingerprint density at radius 3 is 2.67 bits per heavy atom. The zero-order valence-electron chi connectivity index (χ0n) is 14.3. The van der Waals surface area contributed by atoms with Gasteiger partial charge in [-0.05, 0) is 30.3 Å². The number of rotatable bonds is 6. The number of nitro groups is 1. The molecule has 0 bridgehead atoms. The Kier molecular flexibility index (Phi) is 5.27. The average Bonchev–Trinajstić information content (AvgIpc) is 3.16. The van der Waals surface area contributed by atoms with Crippen molar-refractivity contribution in [2.24, 2.45) is 5.10 Å². The summed E-state index contributed by atoms with van der Waals surface area (Å²) in [6.45, 7) is 0. The van der Waals surface area contributed by atoms with Crippen molar-refractivity contribution in [3.8, 4) is 17.1 Å². The molecule has 0 atom stereocenters. The molecule has 0 unspecified atom stereocenters. The van der Waals surface area contributed by atoms with Gasteiger partial charge in [0, 0.05) is 6.07 Å². The second-order valence-electron chi connectivity index (χ2n) is 5.38. The van der Waals surface area contributed by atoms with Gasteiger partial charge < -0.3 is 9.15 Å². The normalized spacial score (nSPS) is 10.7. The first kappa shape index (κ1) is 17.9. The van der Waals surface area contributed by atoms with Crippen molar-refractivity contribution in [1.82, 2.24) is 5.43 Å². The van der Waals surface area contributed by atoms with E-state index in [1.165, 1.54) is 19.4 Å². The van der Waals surface area contributed by atoms with Gasteiger partial charge in [-0.1, -0.05) is 24.3 Å². The number of benzene rings is 2. The number of hydrogen-bond acceptors (Lipinski definition) is 6. The highest BCUT2D eigenvalue weighted by molar-refractivity contribution is 5.97. The van der Waals surface area contributed by atoms with Crippen LogP contribution in [0, 0.1) is 10.1 Å². The van der Waals surface area contributed by atoms with E-state index in [9.17, 15) is 14.9 Å². The molecule has 8 heteroatoms. The zero-order chi connectivity index (χ0) is 19.2. The van der Waals surface area contributed by atoms with Gasteiger partial charge in [0.05, 0.1) is 29.4 Å². The van der Waals surface area contributed by atoms with Crippen molar-refractivity contribution in [1.29, 1.82) is 0 Å². The lowest BCUT2D eigenvalue weighted by atomic mass is 10.1. The van der Waals surface area contributed by atoms with Gasteiger partial charge in [0.2, 0.25) is 0 Å². The Labute approximate surface area is 154 Å². The molecule has 1 N–H and O–H groups in total. The molecule has 136 valence electrons. The van der Waals surface area contributed by atoms with Gasteiger partial charge in [-0.3, -0.25) is 14.9 Å². The summed E-state index contributed by atoms with van der Waals surface area (Å²) in [5, 5.41) is 15.0. The van der Waals surface area contributed by atoms with Crippen molar-refractivity contribution < 1.29 is 18.9 Å². The zero-order valence-corrected chi connectivity index (χ0v) is 14.3. The number of ether oxygens (including phenoxy) is 1. The lowest BCUT2D eigenvalue weighted by Crippen LogP contribution is -2.18. The van der Waals surface area contributed by atoms with Gasteiger partial charge in [-0.25, -0.2) is 5.43 Å². The molecular weight excluding hydrogens is 350 g/mol. The van der Waals surface area contributed by atoms with Crippen LogP contribution in [0.5, 0.6) is 5.75 Å². The summed E-state index contributed by atoms with van der Waals surface area (Å²) < 4.78 is 10.7. The maximum atomic E-state index is 12.2. The van der Waals surface area contributed by atoms with E-state index in [0.29, 0.717) is 28.4 Å². The number of nitrogens with one attached hydrogen (secondary N) is 1. The molecule has 1 heterocycles. The fraction of sp³-hybridized carbons (Fsp3) is 0.0526. The minimum atomic E-state index is -0.473. The molecule has 0 saturated heterocycles. The first-order valence-corrected chi connectivity index (χ1v) is 7.90. The summed E-state index contributed by atoms with van der Waals surface area (Å²) in [6.07, 6.45) is 1.31. The number of carbonyl (C=O) groups is 1. The van der Waals surface area contributed by atoms with Crippen LogP contribution in [0.2, 0.25) is 0 Å². The van der Waals surface area contributed by atoms with Gasteiger partial charge in [0.1, 0.15) is 17.3 Å². The number of nitrogens with zero attached hydrogens (tertiary/aromatic N) is 2. The standard InChI is InChI=1S/C19H15N3O5/c1-26-17-9-5-3-7-15(17)19(23)21-20-12-13-10-11-18(27-13)14-6-2-4-8-16(14)22(24)25/h2-12H,1H3,(H,21,23). The molecule has 0 saturated carbocycles. The smallest absolute Gasteiger partial charge is 0.280 e. The van der Waals surface area contributed by atoms with Gasteiger partial charge in [-0.15, -0.1) is 0 Å². The minimum Gasteiger partial charge on any atom is -0.496 e. The summed E-state index contributed by atoms with van der Waals surface area (Å²) in [7, 11) is 1.47. The Balaban J connectivity index is 1.73. The largest absolute Gasteiger partial charge is 0.496 e. The molecule has 27 heavy (non-hydrogen) atoms. The van der Waals surface area contributed by atoms with Crippen LogP contribution in [-0.2, 0) is 0 Å². The van der Waals surface area contributed by atoms with E-state index in [-0.39, 0.29) is 5.69 Å². The number of hydrazone groups is 1. The van der Waals surface area contributed by atoms with E-state index in [0.717, 1.165) is 0 Å². The SMILES string of the molecule is COc1ccccc1C(=O)NN=Cc1ccc(-c2ccccc2[N+](=O)[O-])o1. The predicted octanol–water partition coefficient (Wildman–Crippen LogP) is 3.63. The third kappa shape index (κ3) is 4.01. The highest BCUT2D eigenvalue weighted by Crippen LogP contribution is 2.30. The van der Waals surface area contributed by atoms with Gasteiger partial charge in [0.15, 0.2) is 0 Å². The van der Waals surface area contributed by atoms with Crippen LogP contribution in [0.25, 0.3) is 11.3 Å². The molecule has 0 radical (unpaired) electrons. The molecule has 0 spiro atoms. The second kappa shape index (κ2) is 7.96. The van der Waals surface area contributed by atoms with Crippen molar-refractivity contribution in [2.45, 2.75) is 0 Å². The molecule has 3 aromatic rings. The van der Waals surface area contributed by atoms with E-state index in [4.69, 9.17) is 9.15 Å². The van der Waals surface area contributed by atoms with Crippen molar-refractivity contribution >= 4 is 17.8 Å². The molecule has 0 aliphatic rings. The number of furan rings is 1. The van der Waals surface area contributed by atoms with E-state index in [2.05, 4.69) is 10.5 Å². The highest BCUT2D eigenvalue weighted by atomic mass is 16.6. The maximum Gasteiger partial charge on any atom is 0.280 e. The number of carbonyl (C=O) groups excluding carboxylic acids is 1. The van der Waals surface area contributed by atoms with Gasteiger partial charge >= 0.3 is 0 Å². The molecule has 3 rings (SSSR count). The van der Waals surface area contributed by atoms with Crippen LogP contribution >= 0.6 is 0 Å². The summed E-state index contributed by atoms with van der Waals surface area (Å²) in [6, 6.07) is 16.2. The first-order valence-electron chi connectivity index (χ1n) is 7.90. The van der Waals surface area contributed by atoms with Crippen LogP contribution in [0.4, 0.5) is 5.69 Å². The molecule has 0 aliphatic carbocycles. The fourth-order valence-corrected chi connectivity index (χ4v) is 2.46. The first-order chi connectivity index (χ1) is 13.1. The second-order valence-corrected chi connectivity index (χ2v) is 5.38. The lowest BCUT2D eigenvalue weighted by molar-refractivity contribution is -0.384. The van der Waals surface area contributed by atoms with Crippen LogP contribution in [0.1, 0.15) is 16.1 Å². The average molecular weight is 365 g/mol. The van der Waals surface area contributed by atoms with Crippen LogP contribution in [-0.4, -0.2) is 24.2 Å². The Bertz CT molecular complexity index is 1010. The summed E-state index contributed by atoms with van der Waals surface area (Å²) in [5.41, 5.74) is 3.03. The predicted molar refractivity (Wildman–Crippen MR) is 98.9 cm³/mol. The van der Waals surface area contributed by atoms with Gasteiger partial charge in [0.25, 0.3) is 11.6 Å². The highest BCUT2D eigenvalue weighted by Gasteiger charge is 2.17. The van der Waals surface area contributed by atoms with Crippen molar-refractivity contribution in [3.63, 3.8) is 0 Å². The maximum absolute atomic E-state index is 12.2. The number of methoxy groups -OCH3 is 1. The quantitative estimate of drug-likeness (QED) is 0.408. The van der Waals surface area contributed by atoms with Gasteiger partial charge in [-0.2, -0.15) is 5.10 Å². The summed E-state index contributed by atoms with van der Waals surface area (Å²) in [5.74, 6) is 0.666. The molecule has 0 aliphatic heterocycles. The Hall–Kier alpha value is -3.94. The molecule has 8 nitrogen and oxygen atoms in total. The topological polar surface area (TPSA) is 107 Å². The third-order valence-electron chi connectivity index (χ3n) is 3.70. The monoisotopic (exact) mass is 365 g/mol. The van der Waals surface area contributed by atoms with E-state index in [1.807, 2.05) is 0 Å². The number of hydrogen-bond donors (Lipinski definition) is 1. The third-order valence-corrected chi connectivity index (χ3v) is 3.70.